The van der Waals surface area contributed by atoms with Crippen LogP contribution in [0.15, 0.2) is 35.1 Å². The van der Waals surface area contributed by atoms with Gasteiger partial charge in [-0.2, -0.15) is 0 Å². The quantitative estimate of drug-likeness (QED) is 0.701. The molecule has 29 heavy (non-hydrogen) atoms. The van der Waals surface area contributed by atoms with E-state index in [1.807, 2.05) is 42.2 Å². The first-order valence-electron chi connectivity index (χ1n) is 10.1. The van der Waals surface area contributed by atoms with Crippen molar-refractivity contribution in [1.29, 1.82) is 0 Å². The van der Waals surface area contributed by atoms with Gasteiger partial charge in [-0.05, 0) is 38.2 Å². The van der Waals surface area contributed by atoms with Gasteiger partial charge in [0.2, 0.25) is 5.91 Å². The first-order valence-corrected chi connectivity index (χ1v) is 10.9. The molecule has 1 saturated heterocycles. The summed E-state index contributed by atoms with van der Waals surface area (Å²) >= 11 is 1.41. The number of carbonyl (C=O) groups is 1. The van der Waals surface area contributed by atoms with Crippen LogP contribution >= 0.6 is 11.3 Å². The summed E-state index contributed by atoms with van der Waals surface area (Å²) in [7, 11) is 0. The zero-order chi connectivity index (χ0) is 20.0. The summed E-state index contributed by atoms with van der Waals surface area (Å²) in [5, 5.41) is 3.76. The van der Waals surface area contributed by atoms with E-state index in [4.69, 9.17) is 0 Å². The fourth-order valence-electron chi connectivity index (χ4n) is 4.03. The average molecular weight is 410 g/mol. The smallest absolute Gasteiger partial charge is 0.281 e. The summed E-state index contributed by atoms with van der Waals surface area (Å²) in [6.45, 7) is 3.16. The predicted molar refractivity (Wildman–Crippen MR) is 113 cm³/mol. The molecule has 7 nitrogen and oxygen atoms in total. The average Bonchev–Trinajstić information content (AvgIpc) is 3.26. The number of anilines is 1. The minimum atomic E-state index is -0.258. The summed E-state index contributed by atoms with van der Waals surface area (Å²) in [5.41, 5.74) is 1.45. The first kappa shape index (κ1) is 18.3. The monoisotopic (exact) mass is 409 g/mol. The molecule has 1 amide bonds. The second kappa shape index (κ2) is 7.26. The minimum absolute atomic E-state index is 0.00476. The van der Waals surface area contributed by atoms with Crippen molar-refractivity contribution in [2.24, 2.45) is 0 Å². The maximum Gasteiger partial charge on any atom is 0.281 e. The predicted octanol–water partition coefficient (Wildman–Crippen LogP) is 2.78. The highest BCUT2D eigenvalue weighted by molar-refractivity contribution is 7.21. The highest BCUT2D eigenvalue weighted by Gasteiger charge is 2.34. The fourth-order valence-corrected chi connectivity index (χ4v) is 5.09. The van der Waals surface area contributed by atoms with Crippen molar-refractivity contribution >= 4 is 32.7 Å². The van der Waals surface area contributed by atoms with Gasteiger partial charge in [-0.1, -0.05) is 41.7 Å². The Hall–Kier alpha value is -2.74. The van der Waals surface area contributed by atoms with Crippen LogP contribution in [0.25, 0.3) is 10.3 Å². The third-order valence-corrected chi connectivity index (χ3v) is 6.64. The Morgan fingerprint density at radius 2 is 2.00 bits per heavy atom. The van der Waals surface area contributed by atoms with Crippen LogP contribution in [-0.4, -0.2) is 33.0 Å². The van der Waals surface area contributed by atoms with Crippen molar-refractivity contribution in [3.8, 4) is 0 Å². The summed E-state index contributed by atoms with van der Waals surface area (Å²) in [6, 6.07) is 9.91. The van der Waals surface area contributed by atoms with Crippen LogP contribution < -0.4 is 15.8 Å². The topological polar surface area (TPSA) is 80.1 Å². The van der Waals surface area contributed by atoms with Crippen LogP contribution in [-0.2, 0) is 11.3 Å². The van der Waals surface area contributed by atoms with Gasteiger partial charge in [-0.25, -0.2) is 9.97 Å². The van der Waals surface area contributed by atoms with Gasteiger partial charge in [0, 0.05) is 19.1 Å². The Labute approximate surface area is 172 Å². The van der Waals surface area contributed by atoms with Crippen molar-refractivity contribution in [1.82, 2.24) is 19.9 Å². The van der Waals surface area contributed by atoms with E-state index in [1.54, 1.807) is 4.57 Å². The number of fused-ring (bicyclic) bond motifs is 1. The number of aromatic nitrogens is 3. The fraction of sp³-hybridized carbons (Fsp3) is 0.429. The number of hydrogen-bond acceptors (Lipinski definition) is 6. The second-order valence-electron chi connectivity index (χ2n) is 7.77. The van der Waals surface area contributed by atoms with Crippen molar-refractivity contribution in [2.75, 3.05) is 11.4 Å². The Kier molecular flexibility index (Phi) is 4.58. The molecule has 150 valence electrons. The Balaban J connectivity index is 1.39. The van der Waals surface area contributed by atoms with E-state index in [0.717, 1.165) is 48.7 Å². The van der Waals surface area contributed by atoms with Gasteiger partial charge in [-0.3, -0.25) is 14.2 Å². The van der Waals surface area contributed by atoms with Gasteiger partial charge in [0.05, 0.1) is 0 Å². The van der Waals surface area contributed by atoms with Crippen LogP contribution in [0, 0.1) is 6.92 Å². The van der Waals surface area contributed by atoms with E-state index in [2.05, 4.69) is 15.3 Å². The molecule has 1 aromatic carbocycles. The van der Waals surface area contributed by atoms with Crippen molar-refractivity contribution in [3.63, 3.8) is 0 Å². The Morgan fingerprint density at radius 1 is 1.21 bits per heavy atom. The third-order valence-electron chi connectivity index (χ3n) is 5.65. The maximum atomic E-state index is 12.9. The number of rotatable bonds is 5. The molecule has 3 heterocycles. The molecule has 0 bridgehead atoms. The van der Waals surface area contributed by atoms with Crippen molar-refractivity contribution < 1.29 is 4.79 Å². The highest BCUT2D eigenvalue weighted by Crippen LogP contribution is 2.36. The number of nitrogens with one attached hydrogen (secondary N) is 1. The van der Waals surface area contributed by atoms with E-state index < -0.39 is 0 Å². The van der Waals surface area contributed by atoms with E-state index in [9.17, 15) is 9.59 Å². The van der Waals surface area contributed by atoms with Crippen molar-refractivity contribution in [3.05, 3.63) is 52.1 Å². The molecule has 3 aromatic rings. The van der Waals surface area contributed by atoms with Gasteiger partial charge in [-0.15, -0.1) is 0 Å². The molecule has 1 aliphatic carbocycles. The number of hydrogen-bond donors (Lipinski definition) is 1. The normalized spacial score (nSPS) is 19.1. The molecular weight excluding hydrogens is 386 g/mol. The number of amides is 1. The third kappa shape index (κ3) is 3.42. The summed E-state index contributed by atoms with van der Waals surface area (Å²) in [4.78, 5) is 37.7. The summed E-state index contributed by atoms with van der Waals surface area (Å²) < 4.78 is 1.78. The van der Waals surface area contributed by atoms with Crippen LogP contribution in [0.4, 0.5) is 5.13 Å². The Morgan fingerprint density at radius 3 is 2.76 bits per heavy atom. The van der Waals surface area contributed by atoms with Crippen LogP contribution in [0.2, 0.25) is 0 Å². The Bertz CT molecular complexity index is 1120. The number of benzene rings is 1. The molecule has 1 aliphatic heterocycles. The van der Waals surface area contributed by atoms with Crippen LogP contribution in [0.3, 0.4) is 0 Å². The van der Waals surface area contributed by atoms with Gasteiger partial charge >= 0.3 is 0 Å². The molecule has 0 unspecified atom stereocenters. The van der Waals surface area contributed by atoms with Gasteiger partial charge in [0.25, 0.3) is 5.56 Å². The molecule has 1 saturated carbocycles. The molecule has 2 aliphatic rings. The van der Waals surface area contributed by atoms with Gasteiger partial charge in [0.15, 0.2) is 15.5 Å². The molecule has 0 radical (unpaired) electrons. The second-order valence-corrected chi connectivity index (χ2v) is 8.73. The molecule has 1 atom stereocenters. The maximum absolute atomic E-state index is 12.9. The van der Waals surface area contributed by atoms with E-state index >= 15 is 0 Å². The number of carbonyl (C=O) groups excluding carboxylic acids is 1. The number of thiazole rings is 1. The standard InChI is InChI=1S/C21H23N5O2S/c1-13-23-19-17(20(28)26(13)15-9-10-15)24-21(29-19)25-11-5-8-16(25)18(27)22-12-14-6-3-2-4-7-14/h2-4,6-7,15-16H,5,8-12H2,1H3,(H,22,27)/t16-/m1/s1. The first-order chi connectivity index (χ1) is 14.1. The number of nitrogens with zero attached hydrogens (tertiary/aromatic N) is 4. The van der Waals surface area contributed by atoms with Crippen molar-refractivity contribution in [2.45, 2.75) is 51.2 Å². The minimum Gasteiger partial charge on any atom is -0.350 e. The lowest BCUT2D eigenvalue weighted by atomic mass is 10.2. The summed E-state index contributed by atoms with van der Waals surface area (Å²) in [5.74, 6) is 0.754. The molecule has 0 spiro atoms. The van der Waals surface area contributed by atoms with Gasteiger partial charge < -0.3 is 10.2 Å². The molecule has 5 rings (SSSR count). The zero-order valence-electron chi connectivity index (χ0n) is 16.3. The van der Waals surface area contributed by atoms with Gasteiger partial charge in [0.1, 0.15) is 11.9 Å². The number of aryl methyl sites for hydroxylation is 1. The summed E-state index contributed by atoms with van der Waals surface area (Å²) in [6.07, 6.45) is 3.77. The molecule has 2 aromatic heterocycles. The largest absolute Gasteiger partial charge is 0.350 e. The lowest BCUT2D eigenvalue weighted by Gasteiger charge is -2.23. The zero-order valence-corrected chi connectivity index (χ0v) is 17.1. The van der Waals surface area contributed by atoms with Crippen LogP contribution in [0.5, 0.6) is 0 Å². The lowest BCUT2D eigenvalue weighted by Crippen LogP contribution is -2.43. The molecular formula is C21H23N5O2S. The molecule has 2 fully saturated rings. The SMILES string of the molecule is Cc1nc2sc(N3CCC[C@@H]3C(=O)NCc3ccccc3)nc2c(=O)n1C1CC1. The molecule has 8 heteroatoms. The highest BCUT2D eigenvalue weighted by atomic mass is 32.1. The molecule has 1 N–H and O–H groups in total. The van der Waals surface area contributed by atoms with E-state index in [-0.39, 0.29) is 23.6 Å². The van der Waals surface area contributed by atoms with Crippen LogP contribution in [0.1, 0.15) is 43.1 Å². The lowest BCUT2D eigenvalue weighted by molar-refractivity contribution is -0.122. The van der Waals surface area contributed by atoms with E-state index in [1.165, 1.54) is 11.3 Å². The van der Waals surface area contributed by atoms with E-state index in [0.29, 0.717) is 16.9 Å².